The van der Waals surface area contributed by atoms with Crippen LogP contribution in [0.25, 0.3) is 0 Å². The zero-order valence-corrected chi connectivity index (χ0v) is 10.5. The molecule has 0 amide bonds. The van der Waals surface area contributed by atoms with Gasteiger partial charge in [0.25, 0.3) is 0 Å². The summed E-state index contributed by atoms with van der Waals surface area (Å²) >= 11 is 0. The number of hydrogen-bond acceptors (Lipinski definition) is 6. The second-order valence-electron chi connectivity index (χ2n) is 4.29. The average molecular weight is 262 g/mol. The van der Waals surface area contributed by atoms with Crippen LogP contribution in [0.2, 0.25) is 0 Å². The van der Waals surface area contributed by atoms with Crippen LogP contribution < -0.4 is 0 Å². The summed E-state index contributed by atoms with van der Waals surface area (Å²) in [6.07, 6.45) is 0.830. The molecule has 0 saturated carbocycles. The topological polar surface area (TPSA) is 107 Å². The Balaban J connectivity index is 4.11. The lowest BCUT2D eigenvalue weighted by Gasteiger charge is -2.27. The number of hydrogen-bond donors (Lipinski definition) is 4. The maximum absolute atomic E-state index is 11.4. The Morgan fingerprint density at radius 3 is 2.11 bits per heavy atom. The zero-order valence-electron chi connectivity index (χ0n) is 10.5. The summed E-state index contributed by atoms with van der Waals surface area (Å²) in [4.78, 5) is 11.4. The van der Waals surface area contributed by atoms with Gasteiger partial charge in [0.05, 0.1) is 26.4 Å². The summed E-state index contributed by atoms with van der Waals surface area (Å²) in [6, 6.07) is 0. The smallest absolute Gasteiger partial charge is 0.333 e. The van der Waals surface area contributed by atoms with E-state index in [9.17, 15) is 4.79 Å². The van der Waals surface area contributed by atoms with E-state index < -0.39 is 11.4 Å². The van der Waals surface area contributed by atoms with Crippen molar-refractivity contribution in [2.45, 2.75) is 19.3 Å². The molecule has 18 heavy (non-hydrogen) atoms. The highest BCUT2D eigenvalue weighted by Crippen LogP contribution is 2.24. The molecule has 0 atom stereocenters. The van der Waals surface area contributed by atoms with Crippen molar-refractivity contribution < 1.29 is 30.0 Å². The van der Waals surface area contributed by atoms with Crippen molar-refractivity contribution >= 4 is 5.97 Å². The highest BCUT2D eigenvalue weighted by Gasteiger charge is 2.28. The first-order valence-electron chi connectivity index (χ1n) is 5.83. The molecule has 0 aliphatic rings. The Labute approximate surface area is 107 Å². The number of aliphatic hydroxyl groups is 4. The van der Waals surface area contributed by atoms with Crippen molar-refractivity contribution in [2.24, 2.45) is 5.41 Å². The summed E-state index contributed by atoms with van der Waals surface area (Å²) in [5, 5.41) is 35.8. The molecule has 0 aromatic rings. The molecular weight excluding hydrogens is 240 g/mol. The average Bonchev–Trinajstić information content (AvgIpc) is 2.40. The first-order chi connectivity index (χ1) is 8.55. The van der Waals surface area contributed by atoms with E-state index in [2.05, 4.69) is 6.58 Å². The van der Waals surface area contributed by atoms with Gasteiger partial charge in [0.2, 0.25) is 0 Å². The van der Waals surface area contributed by atoms with E-state index in [-0.39, 0.29) is 51.4 Å². The molecule has 0 radical (unpaired) electrons. The van der Waals surface area contributed by atoms with E-state index in [4.69, 9.17) is 25.2 Å². The van der Waals surface area contributed by atoms with Crippen LogP contribution in [0.15, 0.2) is 12.2 Å². The molecule has 6 heteroatoms. The van der Waals surface area contributed by atoms with Crippen LogP contribution in [0.5, 0.6) is 0 Å². The van der Waals surface area contributed by atoms with Crippen molar-refractivity contribution in [3.05, 3.63) is 12.2 Å². The van der Waals surface area contributed by atoms with E-state index >= 15 is 0 Å². The Bertz CT molecular complexity index is 251. The minimum Gasteiger partial charge on any atom is -0.462 e. The van der Waals surface area contributed by atoms with E-state index in [0.717, 1.165) is 0 Å². The fraction of sp³-hybridized carbons (Fsp3) is 0.750. The summed E-state index contributed by atoms with van der Waals surface area (Å²) < 4.78 is 4.82. The monoisotopic (exact) mass is 262 g/mol. The summed E-state index contributed by atoms with van der Waals surface area (Å²) in [5.74, 6) is -0.564. The molecule has 0 aliphatic heterocycles. The maximum atomic E-state index is 11.4. The van der Waals surface area contributed by atoms with Gasteiger partial charge in [0.1, 0.15) is 0 Å². The molecule has 0 fully saturated rings. The molecule has 0 heterocycles. The van der Waals surface area contributed by atoms with Gasteiger partial charge < -0.3 is 25.2 Å². The largest absolute Gasteiger partial charge is 0.462 e. The fourth-order valence-electron chi connectivity index (χ4n) is 1.24. The SMILES string of the molecule is C=C(CCC(CO)(CO)CO)C(=O)OCCCO. The molecular formula is C12H22O6. The van der Waals surface area contributed by atoms with Gasteiger partial charge in [0, 0.05) is 24.0 Å². The Hall–Kier alpha value is -0.950. The first-order valence-corrected chi connectivity index (χ1v) is 5.83. The normalized spacial score (nSPS) is 11.3. The molecule has 0 unspecified atom stereocenters. The van der Waals surface area contributed by atoms with E-state index in [1.165, 1.54) is 0 Å². The fourth-order valence-corrected chi connectivity index (χ4v) is 1.24. The molecule has 106 valence electrons. The van der Waals surface area contributed by atoms with E-state index in [0.29, 0.717) is 6.42 Å². The standard InChI is InChI=1S/C12H22O6/c1-10(11(17)18-6-2-5-13)3-4-12(7-14,8-15)9-16/h13-16H,1-9H2. The van der Waals surface area contributed by atoms with Crippen molar-refractivity contribution in [1.82, 2.24) is 0 Å². The summed E-state index contributed by atoms with van der Waals surface area (Å²) in [6.45, 7) is 2.52. The third-order valence-corrected chi connectivity index (χ3v) is 2.79. The van der Waals surface area contributed by atoms with Gasteiger partial charge in [-0.1, -0.05) is 6.58 Å². The third kappa shape index (κ3) is 5.59. The molecule has 4 N–H and O–H groups in total. The third-order valence-electron chi connectivity index (χ3n) is 2.79. The van der Waals surface area contributed by atoms with Gasteiger partial charge in [-0.2, -0.15) is 0 Å². The minimum absolute atomic E-state index is 0.0532. The van der Waals surface area contributed by atoms with Crippen molar-refractivity contribution in [3.63, 3.8) is 0 Å². The minimum atomic E-state index is -1.01. The van der Waals surface area contributed by atoms with Gasteiger partial charge in [-0.05, 0) is 12.8 Å². The Morgan fingerprint density at radius 2 is 1.67 bits per heavy atom. The molecule has 0 bridgehead atoms. The number of aliphatic hydroxyl groups excluding tert-OH is 4. The van der Waals surface area contributed by atoms with Gasteiger partial charge in [-0.3, -0.25) is 0 Å². The van der Waals surface area contributed by atoms with Gasteiger partial charge in [-0.25, -0.2) is 4.79 Å². The van der Waals surface area contributed by atoms with Crippen molar-refractivity contribution in [3.8, 4) is 0 Å². The van der Waals surface area contributed by atoms with Gasteiger partial charge >= 0.3 is 5.97 Å². The molecule has 0 saturated heterocycles. The van der Waals surface area contributed by atoms with Crippen LogP contribution in [0.4, 0.5) is 0 Å². The van der Waals surface area contributed by atoms with E-state index in [1.54, 1.807) is 0 Å². The number of esters is 1. The lowest BCUT2D eigenvalue weighted by molar-refractivity contribution is -0.139. The van der Waals surface area contributed by atoms with Crippen LogP contribution in [-0.2, 0) is 9.53 Å². The molecule has 0 aliphatic carbocycles. The van der Waals surface area contributed by atoms with Crippen LogP contribution in [0, 0.1) is 5.41 Å². The van der Waals surface area contributed by atoms with Crippen LogP contribution >= 0.6 is 0 Å². The second-order valence-corrected chi connectivity index (χ2v) is 4.29. The number of carbonyl (C=O) groups excluding carboxylic acids is 1. The van der Waals surface area contributed by atoms with Crippen LogP contribution in [0.1, 0.15) is 19.3 Å². The highest BCUT2D eigenvalue weighted by atomic mass is 16.5. The summed E-state index contributed by atoms with van der Waals surface area (Å²) in [5.41, 5.74) is -0.790. The molecule has 0 rings (SSSR count). The molecule has 0 aromatic carbocycles. The second kappa shape index (κ2) is 9.04. The Morgan fingerprint density at radius 1 is 1.11 bits per heavy atom. The van der Waals surface area contributed by atoms with Crippen LogP contribution in [0.3, 0.4) is 0 Å². The van der Waals surface area contributed by atoms with Crippen molar-refractivity contribution in [2.75, 3.05) is 33.0 Å². The Kier molecular flexibility index (Phi) is 8.57. The summed E-state index contributed by atoms with van der Waals surface area (Å²) in [7, 11) is 0. The first kappa shape index (κ1) is 17.1. The number of rotatable bonds is 10. The van der Waals surface area contributed by atoms with Gasteiger partial charge in [0.15, 0.2) is 0 Å². The predicted octanol–water partition coefficient (Wildman–Crippen LogP) is -0.788. The quantitative estimate of drug-likeness (QED) is 0.233. The van der Waals surface area contributed by atoms with Crippen molar-refractivity contribution in [1.29, 1.82) is 0 Å². The lowest BCUT2D eigenvalue weighted by Crippen LogP contribution is -2.34. The molecule has 6 nitrogen and oxygen atoms in total. The molecule has 0 spiro atoms. The predicted molar refractivity (Wildman–Crippen MR) is 64.7 cm³/mol. The molecule has 0 aromatic heterocycles. The highest BCUT2D eigenvalue weighted by molar-refractivity contribution is 5.87. The number of carbonyl (C=O) groups is 1. The van der Waals surface area contributed by atoms with E-state index in [1.807, 2.05) is 0 Å². The maximum Gasteiger partial charge on any atom is 0.333 e. The zero-order chi connectivity index (χ0) is 14.0. The number of ether oxygens (including phenoxy) is 1. The lowest BCUT2D eigenvalue weighted by atomic mass is 9.84. The van der Waals surface area contributed by atoms with Crippen LogP contribution in [-0.4, -0.2) is 59.4 Å². The van der Waals surface area contributed by atoms with Gasteiger partial charge in [-0.15, -0.1) is 0 Å².